The highest BCUT2D eigenvalue weighted by Crippen LogP contribution is 2.35. The van der Waals surface area contributed by atoms with Crippen LogP contribution in [-0.4, -0.2) is 32.9 Å². The number of rotatable bonds is 10. The zero-order chi connectivity index (χ0) is 14.8. The van der Waals surface area contributed by atoms with Crippen LogP contribution in [0.4, 0.5) is 0 Å². The first kappa shape index (κ1) is 17.9. The van der Waals surface area contributed by atoms with E-state index < -0.39 is 0 Å². The van der Waals surface area contributed by atoms with Gasteiger partial charge >= 0.3 is 0 Å². The van der Waals surface area contributed by atoms with E-state index in [0.717, 1.165) is 19.7 Å². The van der Waals surface area contributed by atoms with Crippen LogP contribution in [0.3, 0.4) is 0 Å². The Morgan fingerprint density at radius 3 is 2.35 bits per heavy atom. The van der Waals surface area contributed by atoms with Gasteiger partial charge in [0.15, 0.2) is 5.75 Å². The van der Waals surface area contributed by atoms with E-state index in [-0.39, 0.29) is 0 Å². The van der Waals surface area contributed by atoms with Gasteiger partial charge in [0, 0.05) is 5.02 Å². The molecule has 0 unspecified atom stereocenters. The van der Waals surface area contributed by atoms with Gasteiger partial charge in [0.25, 0.3) is 0 Å². The molecule has 0 amide bonds. The van der Waals surface area contributed by atoms with Crippen molar-refractivity contribution in [2.24, 2.45) is 0 Å². The zero-order valence-electron chi connectivity index (χ0n) is 11.6. The van der Waals surface area contributed by atoms with Gasteiger partial charge in [0.1, 0.15) is 6.61 Å². The van der Waals surface area contributed by atoms with Crippen LogP contribution in [-0.2, 0) is 4.74 Å². The third-order valence-electron chi connectivity index (χ3n) is 2.67. The molecule has 0 aliphatic rings. The minimum atomic E-state index is 0.412. The Hall–Kier alpha value is -0.190. The summed E-state index contributed by atoms with van der Waals surface area (Å²) < 4.78 is 11.0. The predicted molar refractivity (Wildman–Crippen MR) is 84.4 cm³/mol. The maximum atomic E-state index is 6.01. The normalized spacial score (nSPS) is 10.8. The average molecular weight is 342 g/mol. The summed E-state index contributed by atoms with van der Waals surface area (Å²) in [5.74, 6) is 0.454. The van der Waals surface area contributed by atoms with Gasteiger partial charge in [0.05, 0.1) is 36.3 Å². The lowest BCUT2D eigenvalue weighted by molar-refractivity contribution is -0.656. The molecule has 0 aliphatic carbocycles. The van der Waals surface area contributed by atoms with Crippen molar-refractivity contribution in [2.75, 3.05) is 32.9 Å². The van der Waals surface area contributed by atoms with Gasteiger partial charge in [-0.05, 0) is 18.6 Å². The number of hydrogen-bond acceptors (Lipinski definition) is 2. The second kappa shape index (κ2) is 10.5. The standard InChI is InChI=1S/C14H20Cl3NO2/c1-2-3-4-18-5-6-19-7-8-20-14-12(16)9-11(15)10-13(14)17/h9-10,18H,2-8H2,1H3/p+1. The van der Waals surface area contributed by atoms with E-state index in [2.05, 4.69) is 12.2 Å². The maximum Gasteiger partial charge on any atom is 0.156 e. The minimum Gasteiger partial charge on any atom is -0.488 e. The molecular weight excluding hydrogens is 321 g/mol. The number of halogens is 3. The van der Waals surface area contributed by atoms with Crippen molar-refractivity contribution in [2.45, 2.75) is 19.8 Å². The second-order valence-corrected chi connectivity index (χ2v) is 5.63. The topological polar surface area (TPSA) is 35.1 Å². The smallest absolute Gasteiger partial charge is 0.156 e. The third kappa shape index (κ3) is 7.00. The van der Waals surface area contributed by atoms with E-state index in [1.807, 2.05) is 0 Å². The lowest BCUT2D eigenvalue weighted by atomic mass is 10.3. The SMILES string of the molecule is CCCC[NH2+]CCOCCOc1c(Cl)cc(Cl)cc1Cl. The van der Waals surface area contributed by atoms with Crippen molar-refractivity contribution in [3.8, 4) is 5.75 Å². The molecule has 2 N–H and O–H groups in total. The lowest BCUT2D eigenvalue weighted by Gasteiger charge is -2.10. The quantitative estimate of drug-likeness (QED) is 0.662. The molecule has 114 valence electrons. The fourth-order valence-corrected chi connectivity index (χ4v) is 2.56. The molecule has 1 rings (SSSR count). The molecule has 0 bridgehead atoms. The van der Waals surface area contributed by atoms with Crippen molar-refractivity contribution < 1.29 is 14.8 Å². The Kier molecular flexibility index (Phi) is 9.40. The summed E-state index contributed by atoms with van der Waals surface area (Å²) in [5, 5.41) is 3.58. The fourth-order valence-electron chi connectivity index (χ4n) is 1.63. The minimum absolute atomic E-state index is 0.412. The lowest BCUT2D eigenvalue weighted by Crippen LogP contribution is -2.85. The molecule has 3 nitrogen and oxygen atoms in total. The summed E-state index contributed by atoms with van der Waals surface area (Å²) in [7, 11) is 0. The Bertz CT molecular complexity index is 379. The first-order valence-electron chi connectivity index (χ1n) is 6.82. The number of nitrogens with two attached hydrogens (primary N) is 1. The Labute approximate surface area is 135 Å². The summed E-state index contributed by atoms with van der Waals surface area (Å²) in [6, 6.07) is 3.21. The van der Waals surface area contributed by atoms with Gasteiger partial charge in [-0.1, -0.05) is 48.1 Å². The summed E-state index contributed by atoms with van der Waals surface area (Å²) in [6.07, 6.45) is 2.48. The molecule has 1 aromatic rings. The summed E-state index contributed by atoms with van der Waals surface area (Å²) in [5.41, 5.74) is 0. The predicted octanol–water partition coefficient (Wildman–Crippen LogP) is 3.41. The van der Waals surface area contributed by atoms with Gasteiger partial charge < -0.3 is 14.8 Å². The Balaban J connectivity index is 2.13. The van der Waals surface area contributed by atoms with Crippen LogP contribution in [0.15, 0.2) is 12.1 Å². The molecule has 20 heavy (non-hydrogen) atoms. The summed E-state index contributed by atoms with van der Waals surface area (Å²) >= 11 is 17.8. The largest absolute Gasteiger partial charge is 0.488 e. The number of unbranched alkanes of at least 4 members (excludes halogenated alkanes) is 1. The molecule has 6 heteroatoms. The van der Waals surface area contributed by atoms with Crippen molar-refractivity contribution in [1.29, 1.82) is 0 Å². The van der Waals surface area contributed by atoms with E-state index in [9.17, 15) is 0 Å². The van der Waals surface area contributed by atoms with Gasteiger partial charge in [-0.2, -0.15) is 0 Å². The monoisotopic (exact) mass is 340 g/mol. The van der Waals surface area contributed by atoms with Crippen LogP contribution in [0.1, 0.15) is 19.8 Å². The fraction of sp³-hybridized carbons (Fsp3) is 0.571. The summed E-state index contributed by atoms with van der Waals surface area (Å²) in [4.78, 5) is 0. The first-order chi connectivity index (χ1) is 9.65. The van der Waals surface area contributed by atoms with Crippen molar-refractivity contribution in [3.63, 3.8) is 0 Å². The molecule has 0 aliphatic heterocycles. The molecule has 0 atom stereocenters. The van der Waals surface area contributed by atoms with Crippen LogP contribution in [0.2, 0.25) is 15.1 Å². The van der Waals surface area contributed by atoms with Crippen LogP contribution in [0.25, 0.3) is 0 Å². The van der Waals surface area contributed by atoms with Gasteiger partial charge in [-0.15, -0.1) is 0 Å². The molecule has 1 aromatic carbocycles. The number of quaternary nitrogens is 1. The second-order valence-electron chi connectivity index (χ2n) is 4.38. The Morgan fingerprint density at radius 1 is 1.00 bits per heavy atom. The molecule has 0 heterocycles. The van der Waals surface area contributed by atoms with Crippen LogP contribution < -0.4 is 10.1 Å². The van der Waals surface area contributed by atoms with E-state index in [1.165, 1.54) is 12.8 Å². The number of benzene rings is 1. The highest BCUT2D eigenvalue weighted by atomic mass is 35.5. The van der Waals surface area contributed by atoms with Gasteiger partial charge in [-0.25, -0.2) is 0 Å². The molecule has 0 aromatic heterocycles. The number of hydrogen-bond donors (Lipinski definition) is 1. The third-order valence-corrected chi connectivity index (χ3v) is 3.44. The van der Waals surface area contributed by atoms with E-state index in [0.29, 0.717) is 34.0 Å². The average Bonchev–Trinajstić information content (AvgIpc) is 2.39. The molecular formula is C14H21Cl3NO2+. The van der Waals surface area contributed by atoms with Crippen LogP contribution in [0.5, 0.6) is 5.75 Å². The first-order valence-corrected chi connectivity index (χ1v) is 7.95. The Morgan fingerprint density at radius 2 is 1.70 bits per heavy atom. The highest BCUT2D eigenvalue weighted by molar-refractivity contribution is 6.40. The van der Waals surface area contributed by atoms with Gasteiger partial charge in [-0.3, -0.25) is 0 Å². The van der Waals surface area contributed by atoms with Crippen molar-refractivity contribution in [3.05, 3.63) is 27.2 Å². The molecule has 0 spiro atoms. The zero-order valence-corrected chi connectivity index (χ0v) is 13.9. The van der Waals surface area contributed by atoms with E-state index >= 15 is 0 Å². The van der Waals surface area contributed by atoms with E-state index in [1.54, 1.807) is 12.1 Å². The number of ether oxygens (including phenoxy) is 2. The van der Waals surface area contributed by atoms with E-state index in [4.69, 9.17) is 44.3 Å². The van der Waals surface area contributed by atoms with Gasteiger partial charge in [0.2, 0.25) is 0 Å². The maximum absolute atomic E-state index is 6.01. The highest BCUT2D eigenvalue weighted by Gasteiger charge is 2.08. The van der Waals surface area contributed by atoms with Crippen LogP contribution >= 0.6 is 34.8 Å². The van der Waals surface area contributed by atoms with Crippen molar-refractivity contribution in [1.82, 2.24) is 0 Å². The molecule has 0 fully saturated rings. The molecule has 0 radical (unpaired) electrons. The summed E-state index contributed by atoms with van der Waals surface area (Å²) in [6.45, 7) is 5.96. The molecule has 0 saturated heterocycles. The molecule has 0 saturated carbocycles. The van der Waals surface area contributed by atoms with Crippen molar-refractivity contribution >= 4 is 34.8 Å². The van der Waals surface area contributed by atoms with Crippen LogP contribution in [0, 0.1) is 0 Å².